The summed E-state index contributed by atoms with van der Waals surface area (Å²) in [4.78, 5) is 24.3. The summed E-state index contributed by atoms with van der Waals surface area (Å²) in [5, 5.41) is 23.9. The highest BCUT2D eigenvalue weighted by molar-refractivity contribution is 6.09. The lowest BCUT2D eigenvalue weighted by atomic mass is 10.1. The molecule has 24 heavy (non-hydrogen) atoms. The fourth-order valence-electron chi connectivity index (χ4n) is 3.18. The minimum absolute atomic E-state index is 0.284. The van der Waals surface area contributed by atoms with Gasteiger partial charge in [-0.1, -0.05) is 12.1 Å². The van der Waals surface area contributed by atoms with Gasteiger partial charge in [-0.25, -0.2) is 0 Å². The zero-order valence-electron chi connectivity index (χ0n) is 12.5. The van der Waals surface area contributed by atoms with Gasteiger partial charge in [0.15, 0.2) is 0 Å². The van der Waals surface area contributed by atoms with E-state index in [1.165, 1.54) is 6.07 Å². The lowest BCUT2D eigenvalue weighted by Gasteiger charge is -1.98. The van der Waals surface area contributed by atoms with E-state index in [1.54, 1.807) is 0 Å². The van der Waals surface area contributed by atoms with Gasteiger partial charge in [0.2, 0.25) is 11.0 Å². The van der Waals surface area contributed by atoms with Crippen LogP contribution in [0.5, 0.6) is 0 Å². The molecule has 0 aliphatic heterocycles. The van der Waals surface area contributed by atoms with Crippen LogP contribution in [-0.2, 0) is 7.05 Å². The molecule has 2 heterocycles. The average Bonchev–Trinajstić information content (AvgIpc) is 2.92. The SMILES string of the molecule is C[n+]1c2ccccc2cc2[nH]c3c([N+](=O)[O-])cc([N+](=O)[O-])cc3c21. The van der Waals surface area contributed by atoms with Gasteiger partial charge in [0.05, 0.1) is 21.3 Å². The molecular formula is C16H11N4O4+. The van der Waals surface area contributed by atoms with Crippen LogP contribution in [0.1, 0.15) is 0 Å². The van der Waals surface area contributed by atoms with Crippen LogP contribution in [0, 0.1) is 20.2 Å². The third kappa shape index (κ3) is 1.83. The zero-order valence-corrected chi connectivity index (χ0v) is 12.5. The van der Waals surface area contributed by atoms with Gasteiger partial charge in [-0.3, -0.25) is 20.2 Å². The van der Waals surface area contributed by atoms with Crippen LogP contribution in [0.25, 0.3) is 32.8 Å². The number of aromatic nitrogens is 2. The Hall–Kier alpha value is -3.55. The van der Waals surface area contributed by atoms with Gasteiger partial charge in [-0.15, -0.1) is 0 Å². The Morgan fingerprint density at radius 1 is 1.04 bits per heavy atom. The molecule has 0 bridgehead atoms. The Morgan fingerprint density at radius 2 is 1.79 bits per heavy atom. The Morgan fingerprint density at radius 3 is 2.50 bits per heavy atom. The van der Waals surface area contributed by atoms with E-state index >= 15 is 0 Å². The molecule has 8 heteroatoms. The molecule has 2 aromatic heterocycles. The first-order valence-corrected chi connectivity index (χ1v) is 7.13. The molecule has 0 aliphatic carbocycles. The maximum atomic E-state index is 11.3. The van der Waals surface area contributed by atoms with E-state index in [0.717, 1.165) is 17.0 Å². The average molecular weight is 323 g/mol. The van der Waals surface area contributed by atoms with E-state index in [9.17, 15) is 20.2 Å². The number of nitro benzene ring substituents is 2. The largest absolute Gasteiger partial charge is 0.344 e. The van der Waals surface area contributed by atoms with E-state index in [2.05, 4.69) is 4.98 Å². The smallest absolute Gasteiger partial charge is 0.300 e. The summed E-state index contributed by atoms with van der Waals surface area (Å²) < 4.78 is 1.89. The fourth-order valence-corrected chi connectivity index (χ4v) is 3.18. The molecule has 0 radical (unpaired) electrons. The third-order valence-corrected chi connectivity index (χ3v) is 4.21. The Balaban J connectivity index is 2.26. The molecular weight excluding hydrogens is 312 g/mol. The van der Waals surface area contributed by atoms with Gasteiger partial charge in [-0.05, 0) is 12.1 Å². The second-order valence-corrected chi connectivity index (χ2v) is 5.55. The topological polar surface area (TPSA) is 106 Å². The van der Waals surface area contributed by atoms with Crippen molar-refractivity contribution >= 4 is 44.2 Å². The normalized spacial score (nSPS) is 11.4. The standard InChI is InChI=1S/C16H10N4O4/c1-18-13-5-3-2-4-9(13)6-12-16(18)11-7-10(19(21)22)8-14(20(23)24)15(11)17-12/h2-8H,1H3/p+1. The van der Waals surface area contributed by atoms with E-state index in [0.29, 0.717) is 16.4 Å². The molecule has 0 aliphatic rings. The van der Waals surface area contributed by atoms with Crippen molar-refractivity contribution in [1.29, 1.82) is 0 Å². The second kappa shape index (κ2) is 4.72. The van der Waals surface area contributed by atoms with Crippen LogP contribution in [0.3, 0.4) is 0 Å². The van der Waals surface area contributed by atoms with Crippen LogP contribution in [0.15, 0.2) is 42.5 Å². The van der Waals surface area contributed by atoms with Crippen molar-refractivity contribution in [2.24, 2.45) is 7.05 Å². The lowest BCUT2D eigenvalue weighted by molar-refractivity contribution is -0.616. The molecule has 0 atom stereocenters. The van der Waals surface area contributed by atoms with Crippen LogP contribution < -0.4 is 4.57 Å². The number of hydrogen-bond acceptors (Lipinski definition) is 4. The number of para-hydroxylation sites is 1. The van der Waals surface area contributed by atoms with Crippen molar-refractivity contribution in [3.63, 3.8) is 0 Å². The first kappa shape index (κ1) is 14.1. The summed E-state index contributed by atoms with van der Waals surface area (Å²) in [6.07, 6.45) is 0. The maximum absolute atomic E-state index is 11.3. The lowest BCUT2D eigenvalue weighted by Crippen LogP contribution is -2.29. The number of pyridine rings is 1. The molecule has 0 saturated carbocycles. The molecule has 1 N–H and O–H groups in total. The van der Waals surface area contributed by atoms with Crippen LogP contribution >= 0.6 is 0 Å². The second-order valence-electron chi connectivity index (χ2n) is 5.55. The van der Waals surface area contributed by atoms with Crippen LogP contribution in [0.2, 0.25) is 0 Å². The van der Waals surface area contributed by atoms with Gasteiger partial charge in [-0.2, -0.15) is 4.57 Å². The Kier molecular flexibility index (Phi) is 2.77. The molecule has 0 spiro atoms. The van der Waals surface area contributed by atoms with Gasteiger partial charge in [0.25, 0.3) is 11.4 Å². The highest BCUT2D eigenvalue weighted by Gasteiger charge is 2.26. The molecule has 0 amide bonds. The molecule has 4 aromatic rings. The van der Waals surface area contributed by atoms with Crippen molar-refractivity contribution < 1.29 is 14.4 Å². The predicted octanol–water partition coefficient (Wildman–Crippen LogP) is 3.12. The monoisotopic (exact) mass is 323 g/mol. The van der Waals surface area contributed by atoms with Crippen LogP contribution in [0.4, 0.5) is 11.4 Å². The quantitative estimate of drug-likeness (QED) is 0.347. The van der Waals surface area contributed by atoms with Crippen molar-refractivity contribution in [1.82, 2.24) is 4.98 Å². The van der Waals surface area contributed by atoms with Gasteiger partial charge < -0.3 is 4.98 Å². The molecule has 118 valence electrons. The molecule has 0 saturated heterocycles. The number of hydrogen-bond donors (Lipinski definition) is 1. The summed E-state index contributed by atoms with van der Waals surface area (Å²) >= 11 is 0. The number of nitrogens with one attached hydrogen (secondary N) is 1. The molecule has 4 rings (SSSR count). The van der Waals surface area contributed by atoms with E-state index in [4.69, 9.17) is 0 Å². The van der Waals surface area contributed by atoms with Crippen molar-refractivity contribution in [3.05, 3.63) is 62.7 Å². The van der Waals surface area contributed by atoms with E-state index in [-0.39, 0.29) is 16.9 Å². The number of rotatable bonds is 2. The Labute approximate surface area is 134 Å². The van der Waals surface area contributed by atoms with Gasteiger partial charge in [0, 0.05) is 17.5 Å². The minimum Gasteiger partial charge on any atom is -0.344 e. The van der Waals surface area contributed by atoms with Crippen LogP contribution in [-0.4, -0.2) is 14.8 Å². The number of H-pyrrole nitrogens is 1. The number of fused-ring (bicyclic) bond motifs is 4. The summed E-state index contributed by atoms with van der Waals surface area (Å²) in [6.45, 7) is 0. The molecule has 0 fully saturated rings. The first-order valence-electron chi connectivity index (χ1n) is 7.13. The third-order valence-electron chi connectivity index (χ3n) is 4.21. The predicted molar refractivity (Wildman–Crippen MR) is 87.8 cm³/mol. The van der Waals surface area contributed by atoms with Crippen molar-refractivity contribution in [2.75, 3.05) is 0 Å². The number of aromatic amines is 1. The highest BCUT2D eigenvalue weighted by atomic mass is 16.6. The number of benzene rings is 2. The number of nitrogens with zero attached hydrogens (tertiary/aromatic N) is 3. The molecule has 2 aromatic carbocycles. The number of non-ortho nitro benzene ring substituents is 2. The highest BCUT2D eigenvalue weighted by Crippen LogP contribution is 2.34. The zero-order chi connectivity index (χ0) is 17.0. The maximum Gasteiger partial charge on any atom is 0.300 e. The van der Waals surface area contributed by atoms with Crippen molar-refractivity contribution in [3.8, 4) is 0 Å². The molecule has 8 nitrogen and oxygen atoms in total. The first-order chi connectivity index (χ1) is 11.5. The van der Waals surface area contributed by atoms with E-state index in [1.807, 2.05) is 41.9 Å². The van der Waals surface area contributed by atoms with Gasteiger partial charge >= 0.3 is 0 Å². The summed E-state index contributed by atoms with van der Waals surface area (Å²) in [7, 11) is 1.84. The van der Waals surface area contributed by atoms with Gasteiger partial charge in [0.1, 0.15) is 18.1 Å². The summed E-state index contributed by atoms with van der Waals surface area (Å²) in [5.74, 6) is 0. The summed E-state index contributed by atoms with van der Waals surface area (Å²) in [6, 6.07) is 11.9. The Bertz CT molecular complexity index is 1180. The number of nitro groups is 2. The van der Waals surface area contributed by atoms with E-state index < -0.39 is 9.85 Å². The minimum atomic E-state index is -0.619. The number of aryl methyl sites for hydroxylation is 1. The van der Waals surface area contributed by atoms with Crippen molar-refractivity contribution in [2.45, 2.75) is 0 Å². The summed E-state index contributed by atoms with van der Waals surface area (Å²) in [5.41, 5.74) is 1.99. The fraction of sp³-hybridized carbons (Fsp3) is 0.0625. The molecule has 0 unspecified atom stereocenters.